The predicted octanol–water partition coefficient (Wildman–Crippen LogP) is 6.14. The van der Waals surface area contributed by atoms with Crippen molar-refractivity contribution >= 4 is 40.8 Å². The number of nitrogens with one attached hydrogen (secondary N) is 3. The molecule has 1 fully saturated rings. The van der Waals surface area contributed by atoms with Crippen molar-refractivity contribution in [2.45, 2.75) is 57.5 Å². The Labute approximate surface area is 262 Å². The van der Waals surface area contributed by atoms with E-state index in [-0.39, 0.29) is 35.6 Å². The van der Waals surface area contributed by atoms with Gasteiger partial charge in [-0.2, -0.15) is 5.10 Å². The molecule has 0 saturated heterocycles. The highest BCUT2D eigenvalue weighted by molar-refractivity contribution is 6.30. The van der Waals surface area contributed by atoms with Gasteiger partial charge in [-0.1, -0.05) is 74.0 Å². The standard InChI is InChI=1S/C34H37ClN6O3/c35-26-16-18-27(19-17-26)39-34(44)30(20-13-23-7-3-1-4-8-23)40-32(42)25-14-11-24(12-15-25)21-37-33(43)29-22-38-41(31(29)36)28-9-5-2-6-10-28/h2,5-6,9-12,14-19,22-23,30H,1,3-4,7-8,13,20-21,36H2,(H,37,43)(H,39,44)(H,40,42)/t30-/m0/s1. The summed E-state index contributed by atoms with van der Waals surface area (Å²) in [6.45, 7) is 0.240. The SMILES string of the molecule is Nc1c(C(=O)NCc2ccc(C(=O)N[C@@H](CCC3CCCCC3)C(=O)Nc3ccc(Cl)cc3)cc2)cnn1-c1ccccc1. The van der Waals surface area contributed by atoms with Crippen LogP contribution in [0.3, 0.4) is 0 Å². The van der Waals surface area contributed by atoms with Crippen molar-refractivity contribution in [3.05, 3.63) is 107 Å². The van der Waals surface area contributed by atoms with E-state index in [0.29, 0.717) is 28.6 Å². The van der Waals surface area contributed by atoms with Crippen molar-refractivity contribution in [1.29, 1.82) is 0 Å². The van der Waals surface area contributed by atoms with Gasteiger partial charge in [0.1, 0.15) is 17.4 Å². The van der Waals surface area contributed by atoms with E-state index < -0.39 is 6.04 Å². The van der Waals surface area contributed by atoms with Crippen molar-refractivity contribution in [2.24, 2.45) is 5.92 Å². The van der Waals surface area contributed by atoms with E-state index in [1.165, 1.54) is 43.0 Å². The summed E-state index contributed by atoms with van der Waals surface area (Å²) in [6, 6.07) is 22.5. The molecule has 5 N–H and O–H groups in total. The maximum absolute atomic E-state index is 13.2. The lowest BCUT2D eigenvalue weighted by Crippen LogP contribution is -2.44. The largest absolute Gasteiger partial charge is 0.383 e. The van der Waals surface area contributed by atoms with Crippen molar-refractivity contribution in [2.75, 3.05) is 11.1 Å². The van der Waals surface area contributed by atoms with Gasteiger partial charge in [-0.25, -0.2) is 4.68 Å². The molecule has 9 nitrogen and oxygen atoms in total. The second-order valence-corrected chi connectivity index (χ2v) is 11.6. The number of para-hydroxylation sites is 1. The molecule has 1 heterocycles. The fourth-order valence-corrected chi connectivity index (χ4v) is 5.64. The number of aromatic nitrogens is 2. The Balaban J connectivity index is 1.18. The lowest BCUT2D eigenvalue weighted by Gasteiger charge is -2.24. The van der Waals surface area contributed by atoms with Crippen molar-refractivity contribution in [3.8, 4) is 5.69 Å². The Kier molecular flexibility index (Phi) is 10.3. The van der Waals surface area contributed by atoms with E-state index in [1.807, 2.05) is 30.3 Å². The number of carbonyl (C=O) groups is 3. The molecule has 3 aromatic carbocycles. The third kappa shape index (κ3) is 8.05. The molecule has 1 aliphatic carbocycles. The number of benzene rings is 3. The van der Waals surface area contributed by atoms with Gasteiger partial charge >= 0.3 is 0 Å². The topological polar surface area (TPSA) is 131 Å². The average molecular weight is 613 g/mol. The van der Waals surface area contributed by atoms with Crippen LogP contribution in [0.4, 0.5) is 11.5 Å². The van der Waals surface area contributed by atoms with Gasteiger partial charge in [-0.05, 0) is 72.9 Å². The molecule has 0 aliphatic heterocycles. The molecule has 1 saturated carbocycles. The minimum atomic E-state index is -0.679. The number of nitrogen functional groups attached to an aromatic ring is 1. The molecule has 4 aromatic rings. The summed E-state index contributed by atoms with van der Waals surface area (Å²) in [7, 11) is 0. The van der Waals surface area contributed by atoms with Gasteiger partial charge in [-0.15, -0.1) is 0 Å². The van der Waals surface area contributed by atoms with Gasteiger partial charge in [0.15, 0.2) is 0 Å². The van der Waals surface area contributed by atoms with Crippen LogP contribution in [0.1, 0.15) is 71.2 Å². The Morgan fingerprint density at radius 1 is 0.909 bits per heavy atom. The van der Waals surface area contributed by atoms with Crippen LogP contribution in [0.2, 0.25) is 5.02 Å². The fraction of sp³-hybridized carbons (Fsp3) is 0.294. The predicted molar refractivity (Wildman–Crippen MR) is 173 cm³/mol. The van der Waals surface area contributed by atoms with Gasteiger partial charge in [0.25, 0.3) is 11.8 Å². The first-order valence-corrected chi connectivity index (χ1v) is 15.4. The minimum absolute atomic E-state index is 0.240. The number of rotatable bonds is 11. The van der Waals surface area contributed by atoms with Crippen molar-refractivity contribution < 1.29 is 14.4 Å². The van der Waals surface area contributed by atoms with Gasteiger partial charge in [-0.3, -0.25) is 14.4 Å². The van der Waals surface area contributed by atoms with Crippen LogP contribution in [-0.4, -0.2) is 33.5 Å². The Morgan fingerprint density at radius 2 is 1.61 bits per heavy atom. The van der Waals surface area contributed by atoms with Crippen molar-refractivity contribution in [1.82, 2.24) is 20.4 Å². The molecular weight excluding hydrogens is 576 g/mol. The summed E-state index contributed by atoms with van der Waals surface area (Å²) in [5.41, 5.74) is 9.09. The van der Waals surface area contributed by atoms with E-state index >= 15 is 0 Å². The zero-order valence-electron chi connectivity index (χ0n) is 24.5. The third-order valence-corrected chi connectivity index (χ3v) is 8.29. The minimum Gasteiger partial charge on any atom is -0.383 e. The quantitative estimate of drug-likeness (QED) is 0.162. The van der Waals surface area contributed by atoms with Crippen LogP contribution in [0, 0.1) is 5.92 Å². The van der Waals surface area contributed by atoms with E-state index in [2.05, 4.69) is 21.0 Å². The molecule has 0 spiro atoms. The van der Waals surface area contributed by atoms with Crippen LogP contribution in [0.15, 0.2) is 85.1 Å². The molecule has 3 amide bonds. The van der Waals surface area contributed by atoms with Crippen LogP contribution in [0.5, 0.6) is 0 Å². The number of hydrogen-bond donors (Lipinski definition) is 4. The third-order valence-electron chi connectivity index (χ3n) is 8.04. The fourth-order valence-electron chi connectivity index (χ4n) is 5.51. The number of amides is 3. The number of halogens is 1. The number of carbonyl (C=O) groups excluding carboxylic acids is 3. The number of anilines is 2. The highest BCUT2D eigenvalue weighted by Gasteiger charge is 2.24. The summed E-state index contributed by atoms with van der Waals surface area (Å²) in [6.07, 6.45) is 8.92. The zero-order valence-corrected chi connectivity index (χ0v) is 25.2. The molecule has 10 heteroatoms. The number of nitrogens with zero attached hydrogens (tertiary/aromatic N) is 2. The molecular formula is C34H37ClN6O3. The summed E-state index contributed by atoms with van der Waals surface area (Å²) in [5, 5.41) is 13.5. The van der Waals surface area contributed by atoms with Crippen molar-refractivity contribution in [3.63, 3.8) is 0 Å². The molecule has 1 aliphatic rings. The van der Waals surface area contributed by atoms with Gasteiger partial charge in [0.05, 0.1) is 11.9 Å². The van der Waals surface area contributed by atoms with Gasteiger partial charge in [0, 0.05) is 22.8 Å². The first-order valence-electron chi connectivity index (χ1n) is 15.0. The lowest BCUT2D eigenvalue weighted by atomic mass is 9.85. The molecule has 5 rings (SSSR count). The molecule has 1 atom stereocenters. The zero-order chi connectivity index (χ0) is 30.9. The van der Waals surface area contributed by atoms with E-state index in [0.717, 1.165) is 17.7 Å². The molecule has 0 bridgehead atoms. The van der Waals surface area contributed by atoms with Crippen LogP contribution >= 0.6 is 11.6 Å². The Hall–Kier alpha value is -4.63. The first-order chi connectivity index (χ1) is 21.4. The second-order valence-electron chi connectivity index (χ2n) is 11.2. The van der Waals surface area contributed by atoms with E-state index in [4.69, 9.17) is 17.3 Å². The smallest absolute Gasteiger partial charge is 0.256 e. The number of hydrogen-bond acceptors (Lipinski definition) is 5. The van der Waals surface area contributed by atoms with Crippen LogP contribution < -0.4 is 21.7 Å². The average Bonchev–Trinajstić information content (AvgIpc) is 3.45. The summed E-state index contributed by atoms with van der Waals surface area (Å²) < 4.78 is 1.51. The molecule has 1 aromatic heterocycles. The highest BCUT2D eigenvalue weighted by atomic mass is 35.5. The number of nitrogens with two attached hydrogens (primary N) is 1. The summed E-state index contributed by atoms with van der Waals surface area (Å²) in [5.74, 6) is -0.117. The highest BCUT2D eigenvalue weighted by Crippen LogP contribution is 2.28. The molecule has 228 valence electrons. The van der Waals surface area contributed by atoms with Crippen LogP contribution in [0.25, 0.3) is 5.69 Å². The summed E-state index contributed by atoms with van der Waals surface area (Å²) in [4.78, 5) is 39.3. The van der Waals surface area contributed by atoms with E-state index in [9.17, 15) is 14.4 Å². The van der Waals surface area contributed by atoms with E-state index in [1.54, 1.807) is 48.5 Å². The van der Waals surface area contributed by atoms with Gasteiger partial charge < -0.3 is 21.7 Å². The molecule has 44 heavy (non-hydrogen) atoms. The molecule has 0 unspecified atom stereocenters. The normalized spacial score (nSPS) is 14.0. The Morgan fingerprint density at radius 3 is 2.32 bits per heavy atom. The second kappa shape index (κ2) is 14.7. The molecule has 0 radical (unpaired) electrons. The summed E-state index contributed by atoms with van der Waals surface area (Å²) >= 11 is 5.99. The van der Waals surface area contributed by atoms with Crippen LogP contribution in [-0.2, 0) is 11.3 Å². The first kappa shape index (κ1) is 30.8. The Bertz CT molecular complexity index is 1570. The monoisotopic (exact) mass is 612 g/mol. The lowest BCUT2D eigenvalue weighted by molar-refractivity contribution is -0.118. The maximum Gasteiger partial charge on any atom is 0.256 e. The van der Waals surface area contributed by atoms with Gasteiger partial charge in [0.2, 0.25) is 5.91 Å². The maximum atomic E-state index is 13.2.